The maximum Gasteiger partial charge on any atom is 0.257 e. The van der Waals surface area contributed by atoms with Crippen molar-refractivity contribution in [3.63, 3.8) is 0 Å². The van der Waals surface area contributed by atoms with Crippen LogP contribution in [-0.4, -0.2) is 16.8 Å². The molecule has 1 aromatic heterocycles. The number of hydrogen-bond donors (Lipinski definition) is 2. The Morgan fingerprint density at radius 3 is 2.62 bits per heavy atom. The molecule has 0 radical (unpaired) electrons. The predicted molar refractivity (Wildman–Crippen MR) is 115 cm³/mol. The molecule has 1 aliphatic carbocycles. The van der Waals surface area contributed by atoms with E-state index in [9.17, 15) is 9.59 Å². The number of carbonyl (C=O) groups is 2. The molecule has 1 atom stereocenters. The van der Waals surface area contributed by atoms with Crippen LogP contribution in [0.15, 0.2) is 54.6 Å². The number of aromatic nitrogens is 1. The molecule has 148 valence electrons. The monoisotopic (exact) mass is 425 g/mol. The third kappa shape index (κ3) is 4.66. The van der Waals surface area contributed by atoms with Crippen molar-refractivity contribution >= 4 is 39.9 Å². The van der Waals surface area contributed by atoms with Crippen LogP contribution in [0.5, 0.6) is 0 Å². The van der Waals surface area contributed by atoms with E-state index >= 15 is 0 Å². The van der Waals surface area contributed by atoms with Gasteiger partial charge < -0.3 is 5.32 Å². The summed E-state index contributed by atoms with van der Waals surface area (Å²) in [4.78, 5) is 30.9. The van der Waals surface area contributed by atoms with Crippen LogP contribution >= 0.6 is 22.9 Å². The summed E-state index contributed by atoms with van der Waals surface area (Å²) in [5.41, 5.74) is 2.36. The molecular weight excluding hydrogens is 406 g/mol. The van der Waals surface area contributed by atoms with Gasteiger partial charge in [0.15, 0.2) is 5.13 Å². The maximum absolute atomic E-state index is 12.8. The molecular formula is C22H20ClN3O2S. The van der Waals surface area contributed by atoms with E-state index in [0.29, 0.717) is 22.3 Å². The Balaban J connectivity index is 1.45. The number of anilines is 1. The summed E-state index contributed by atoms with van der Waals surface area (Å²) >= 11 is 7.32. The van der Waals surface area contributed by atoms with Crippen LogP contribution in [0.2, 0.25) is 5.02 Å². The fourth-order valence-electron chi connectivity index (χ4n) is 3.41. The lowest BCUT2D eigenvalue weighted by atomic mass is 9.90. The Hall–Kier alpha value is -2.70. The lowest BCUT2D eigenvalue weighted by molar-refractivity contribution is -0.123. The number of aryl methyl sites for hydroxylation is 1. The number of carbonyl (C=O) groups excluding carboxylic acids is 2. The van der Waals surface area contributed by atoms with Gasteiger partial charge in [0.25, 0.3) is 5.91 Å². The molecule has 0 spiro atoms. The van der Waals surface area contributed by atoms with Crippen molar-refractivity contribution in [1.82, 2.24) is 10.3 Å². The van der Waals surface area contributed by atoms with Gasteiger partial charge in [-0.2, -0.15) is 0 Å². The van der Waals surface area contributed by atoms with Gasteiger partial charge in [0.1, 0.15) is 0 Å². The van der Waals surface area contributed by atoms with Crippen molar-refractivity contribution in [3.05, 3.63) is 81.3 Å². The van der Waals surface area contributed by atoms with E-state index in [1.54, 1.807) is 24.3 Å². The quantitative estimate of drug-likeness (QED) is 0.617. The summed E-state index contributed by atoms with van der Waals surface area (Å²) in [6.07, 6.45) is 2.58. The second-order valence-corrected chi connectivity index (χ2v) is 8.46. The second kappa shape index (κ2) is 8.76. The smallest absolute Gasteiger partial charge is 0.257 e. The van der Waals surface area contributed by atoms with Crippen molar-refractivity contribution in [3.8, 4) is 0 Å². The zero-order chi connectivity index (χ0) is 20.2. The van der Waals surface area contributed by atoms with Gasteiger partial charge in [-0.05, 0) is 49.1 Å². The van der Waals surface area contributed by atoms with Crippen molar-refractivity contribution in [2.24, 2.45) is 0 Å². The number of fused-ring (bicyclic) bond motifs is 1. The molecule has 0 aliphatic heterocycles. The summed E-state index contributed by atoms with van der Waals surface area (Å²) in [6, 6.07) is 16.5. The van der Waals surface area contributed by atoms with E-state index in [4.69, 9.17) is 11.6 Å². The Morgan fingerprint density at radius 2 is 1.86 bits per heavy atom. The highest BCUT2D eigenvalue weighted by Crippen LogP contribution is 2.37. The normalized spacial score (nSPS) is 15.4. The molecule has 3 aromatic rings. The first-order valence-electron chi connectivity index (χ1n) is 9.48. The standard InChI is InChI=1S/C22H20ClN3O2S/c23-16-11-9-15(10-12-16)20(27)26-22-25-19-17(7-4-8-18(19)29-22)21(28)24-13-14-5-2-1-3-6-14/h1-3,5-6,9-12,17H,4,7-8,13H2,(H,24,28)(H,25,26,27). The number of thiazole rings is 1. The predicted octanol–water partition coefficient (Wildman–Crippen LogP) is 4.79. The van der Waals surface area contributed by atoms with Gasteiger partial charge in [0, 0.05) is 22.0 Å². The lowest BCUT2D eigenvalue weighted by Gasteiger charge is -2.20. The summed E-state index contributed by atoms with van der Waals surface area (Å²) in [5, 5.41) is 6.97. The van der Waals surface area contributed by atoms with Crippen LogP contribution in [0.1, 0.15) is 45.3 Å². The highest BCUT2D eigenvalue weighted by Gasteiger charge is 2.30. The number of nitrogens with zero attached hydrogens (tertiary/aromatic N) is 1. The number of benzene rings is 2. The van der Waals surface area contributed by atoms with Gasteiger partial charge in [-0.15, -0.1) is 11.3 Å². The SMILES string of the molecule is O=C(Nc1nc2c(s1)CCCC2C(=O)NCc1ccccc1)c1ccc(Cl)cc1. The number of halogens is 1. The minimum absolute atomic E-state index is 0.0179. The van der Waals surface area contributed by atoms with Gasteiger partial charge in [0.2, 0.25) is 5.91 Å². The molecule has 1 aliphatic rings. The van der Waals surface area contributed by atoms with E-state index in [1.165, 1.54) is 11.3 Å². The fraction of sp³-hybridized carbons (Fsp3) is 0.227. The third-order valence-electron chi connectivity index (χ3n) is 4.91. The summed E-state index contributed by atoms with van der Waals surface area (Å²) in [6.45, 7) is 0.496. The first-order valence-corrected chi connectivity index (χ1v) is 10.7. The molecule has 2 N–H and O–H groups in total. The summed E-state index contributed by atoms with van der Waals surface area (Å²) < 4.78 is 0. The van der Waals surface area contributed by atoms with Crippen molar-refractivity contribution < 1.29 is 9.59 Å². The minimum atomic E-state index is -0.278. The molecule has 0 saturated carbocycles. The Morgan fingerprint density at radius 1 is 1.10 bits per heavy atom. The number of nitrogens with one attached hydrogen (secondary N) is 2. The second-order valence-electron chi connectivity index (χ2n) is 6.94. The largest absolute Gasteiger partial charge is 0.351 e. The number of hydrogen-bond acceptors (Lipinski definition) is 4. The van der Waals surface area contributed by atoms with Gasteiger partial charge in [-0.3, -0.25) is 14.9 Å². The van der Waals surface area contributed by atoms with E-state index < -0.39 is 0 Å². The van der Waals surface area contributed by atoms with Crippen LogP contribution in [0.3, 0.4) is 0 Å². The van der Waals surface area contributed by atoms with Gasteiger partial charge in [-0.25, -0.2) is 4.98 Å². The highest BCUT2D eigenvalue weighted by molar-refractivity contribution is 7.16. The molecule has 1 unspecified atom stereocenters. The molecule has 5 nitrogen and oxygen atoms in total. The third-order valence-corrected chi connectivity index (χ3v) is 6.21. The van der Waals surface area contributed by atoms with E-state index in [2.05, 4.69) is 15.6 Å². The van der Waals surface area contributed by atoms with Crippen molar-refractivity contribution in [2.45, 2.75) is 31.7 Å². The van der Waals surface area contributed by atoms with Crippen LogP contribution in [0.25, 0.3) is 0 Å². The van der Waals surface area contributed by atoms with Crippen LogP contribution in [0.4, 0.5) is 5.13 Å². The Labute approximate surface area is 178 Å². The highest BCUT2D eigenvalue weighted by atomic mass is 35.5. The van der Waals surface area contributed by atoms with Crippen LogP contribution in [0, 0.1) is 0 Å². The average molecular weight is 426 g/mol. The summed E-state index contributed by atoms with van der Waals surface area (Å²) in [5.74, 6) is -0.534. The molecule has 4 rings (SSSR count). The number of amides is 2. The first kappa shape index (κ1) is 19.6. The Bertz CT molecular complexity index is 1020. The fourth-order valence-corrected chi connectivity index (χ4v) is 4.59. The molecule has 1 heterocycles. The molecule has 7 heteroatoms. The van der Waals surface area contributed by atoms with Crippen LogP contribution < -0.4 is 10.6 Å². The first-order chi connectivity index (χ1) is 14.1. The maximum atomic E-state index is 12.8. The molecule has 0 fully saturated rings. The molecule has 2 aromatic carbocycles. The summed E-state index contributed by atoms with van der Waals surface area (Å²) in [7, 11) is 0. The van der Waals surface area contributed by atoms with Gasteiger partial charge in [0.05, 0.1) is 11.6 Å². The Kier molecular flexibility index (Phi) is 5.92. The zero-order valence-corrected chi connectivity index (χ0v) is 17.2. The minimum Gasteiger partial charge on any atom is -0.351 e. The van der Waals surface area contributed by atoms with Crippen molar-refractivity contribution in [2.75, 3.05) is 5.32 Å². The lowest BCUT2D eigenvalue weighted by Crippen LogP contribution is -2.31. The number of rotatable bonds is 5. The zero-order valence-electron chi connectivity index (χ0n) is 15.7. The van der Waals surface area contributed by atoms with E-state index in [0.717, 1.165) is 35.4 Å². The van der Waals surface area contributed by atoms with E-state index in [-0.39, 0.29) is 17.7 Å². The van der Waals surface area contributed by atoms with Gasteiger partial charge >= 0.3 is 0 Å². The molecule has 0 bridgehead atoms. The van der Waals surface area contributed by atoms with Crippen molar-refractivity contribution in [1.29, 1.82) is 0 Å². The van der Waals surface area contributed by atoms with E-state index in [1.807, 2.05) is 30.3 Å². The molecule has 0 saturated heterocycles. The molecule has 29 heavy (non-hydrogen) atoms. The van der Waals surface area contributed by atoms with Gasteiger partial charge in [-0.1, -0.05) is 41.9 Å². The average Bonchev–Trinajstić information content (AvgIpc) is 3.15. The topological polar surface area (TPSA) is 71.1 Å². The van der Waals surface area contributed by atoms with Crippen LogP contribution in [-0.2, 0) is 17.8 Å². The molecule has 2 amide bonds.